The summed E-state index contributed by atoms with van der Waals surface area (Å²) in [6.45, 7) is 3.33. The van der Waals surface area contributed by atoms with E-state index in [2.05, 4.69) is 0 Å². The maximum atomic E-state index is 12.6. The van der Waals surface area contributed by atoms with Crippen molar-refractivity contribution < 1.29 is 9.53 Å². The predicted molar refractivity (Wildman–Crippen MR) is 97.0 cm³/mol. The summed E-state index contributed by atoms with van der Waals surface area (Å²) in [5.41, 5.74) is 6.66. The number of hydrogen-bond acceptors (Lipinski definition) is 4. The van der Waals surface area contributed by atoms with Gasteiger partial charge in [0.25, 0.3) is 0 Å². The summed E-state index contributed by atoms with van der Waals surface area (Å²) in [6.07, 6.45) is 0. The number of carbonyl (C=O) groups excluding carboxylic acids is 1. The van der Waals surface area contributed by atoms with E-state index in [1.807, 2.05) is 53.6 Å². The fourth-order valence-electron chi connectivity index (χ4n) is 2.25. The number of nitrogens with two attached hydrogens (primary N) is 1. The SMILES string of the molecule is COc1ccccc1CN(Cc1cccs1)C(=O)C(C)CN.Cl. The van der Waals surface area contributed by atoms with Crippen LogP contribution in [-0.2, 0) is 17.9 Å². The van der Waals surface area contributed by atoms with E-state index in [-0.39, 0.29) is 24.2 Å². The van der Waals surface area contributed by atoms with E-state index in [1.54, 1.807) is 18.4 Å². The molecule has 0 saturated heterocycles. The number of hydrogen-bond donors (Lipinski definition) is 1. The molecule has 0 bridgehead atoms. The van der Waals surface area contributed by atoms with E-state index in [0.717, 1.165) is 16.2 Å². The molecule has 0 fully saturated rings. The molecule has 1 aromatic heterocycles. The van der Waals surface area contributed by atoms with Gasteiger partial charge in [0.2, 0.25) is 5.91 Å². The Balaban J connectivity index is 0.00000264. The zero-order valence-corrected chi connectivity index (χ0v) is 15.0. The molecule has 2 N–H and O–H groups in total. The highest BCUT2D eigenvalue weighted by Gasteiger charge is 2.21. The number of methoxy groups -OCH3 is 1. The smallest absolute Gasteiger partial charge is 0.227 e. The van der Waals surface area contributed by atoms with E-state index < -0.39 is 0 Å². The first kappa shape index (κ1) is 19.5. The standard InChI is InChI=1S/C17H22N2O2S.ClH/c1-13(10-18)17(20)19(12-15-7-5-9-22-15)11-14-6-3-4-8-16(14)21-2;/h3-9,13H,10-12,18H2,1-2H3;1H. The van der Waals surface area contributed by atoms with Gasteiger partial charge >= 0.3 is 0 Å². The molecule has 4 nitrogen and oxygen atoms in total. The minimum absolute atomic E-state index is 0. The molecule has 0 aliphatic heterocycles. The van der Waals surface area contributed by atoms with E-state index >= 15 is 0 Å². The van der Waals surface area contributed by atoms with Crippen LogP contribution >= 0.6 is 23.7 Å². The molecule has 0 spiro atoms. The largest absolute Gasteiger partial charge is 0.496 e. The Morgan fingerprint density at radius 3 is 2.61 bits per heavy atom. The van der Waals surface area contributed by atoms with Crippen LogP contribution in [0.1, 0.15) is 17.4 Å². The quantitative estimate of drug-likeness (QED) is 0.830. The Labute approximate surface area is 147 Å². The molecule has 0 radical (unpaired) electrons. The van der Waals surface area contributed by atoms with Gasteiger partial charge in [0, 0.05) is 29.4 Å². The third-order valence-corrected chi connectivity index (χ3v) is 4.43. The monoisotopic (exact) mass is 354 g/mol. The van der Waals surface area contributed by atoms with Crippen molar-refractivity contribution in [3.63, 3.8) is 0 Å². The first-order valence-corrected chi connectivity index (χ1v) is 8.16. The summed E-state index contributed by atoms with van der Waals surface area (Å²) < 4.78 is 5.39. The number of halogens is 1. The van der Waals surface area contributed by atoms with Crippen molar-refractivity contribution in [1.82, 2.24) is 4.90 Å². The Kier molecular flexibility index (Phi) is 8.09. The second-order valence-corrected chi connectivity index (χ2v) is 6.25. The lowest BCUT2D eigenvalue weighted by Gasteiger charge is -2.26. The molecule has 1 atom stereocenters. The second kappa shape index (κ2) is 9.55. The predicted octanol–water partition coefficient (Wildman–Crippen LogP) is 3.30. The first-order valence-electron chi connectivity index (χ1n) is 7.28. The van der Waals surface area contributed by atoms with Crippen molar-refractivity contribution >= 4 is 29.7 Å². The topological polar surface area (TPSA) is 55.6 Å². The van der Waals surface area contributed by atoms with Gasteiger partial charge in [0.1, 0.15) is 5.75 Å². The molecule has 2 rings (SSSR count). The third kappa shape index (κ3) is 5.23. The van der Waals surface area contributed by atoms with Crippen LogP contribution < -0.4 is 10.5 Å². The van der Waals surface area contributed by atoms with Gasteiger partial charge in [-0.1, -0.05) is 31.2 Å². The van der Waals surface area contributed by atoms with Crippen LogP contribution in [0.25, 0.3) is 0 Å². The lowest BCUT2D eigenvalue weighted by Crippen LogP contribution is -2.37. The highest BCUT2D eigenvalue weighted by molar-refractivity contribution is 7.09. The van der Waals surface area contributed by atoms with Gasteiger partial charge in [-0.25, -0.2) is 0 Å². The number of ether oxygens (including phenoxy) is 1. The van der Waals surface area contributed by atoms with E-state index in [4.69, 9.17) is 10.5 Å². The fourth-order valence-corrected chi connectivity index (χ4v) is 2.97. The molecule has 1 heterocycles. The van der Waals surface area contributed by atoms with Gasteiger partial charge in [0.15, 0.2) is 0 Å². The maximum Gasteiger partial charge on any atom is 0.227 e. The summed E-state index contributed by atoms with van der Waals surface area (Å²) >= 11 is 1.65. The number of thiophene rings is 1. The molecule has 1 amide bonds. The average Bonchev–Trinajstić information content (AvgIpc) is 3.06. The van der Waals surface area contributed by atoms with Crippen LogP contribution in [0.2, 0.25) is 0 Å². The molecule has 1 aromatic carbocycles. The Bertz CT molecular complexity index is 604. The van der Waals surface area contributed by atoms with Gasteiger partial charge < -0.3 is 15.4 Å². The molecule has 1 unspecified atom stereocenters. The summed E-state index contributed by atoms with van der Waals surface area (Å²) in [4.78, 5) is 15.6. The van der Waals surface area contributed by atoms with Crippen LogP contribution in [0.3, 0.4) is 0 Å². The number of benzene rings is 1. The van der Waals surface area contributed by atoms with Crippen LogP contribution in [0.4, 0.5) is 0 Å². The number of carbonyl (C=O) groups is 1. The lowest BCUT2D eigenvalue weighted by atomic mass is 10.1. The maximum absolute atomic E-state index is 12.6. The zero-order chi connectivity index (χ0) is 15.9. The minimum Gasteiger partial charge on any atom is -0.496 e. The summed E-state index contributed by atoms with van der Waals surface area (Å²) in [6, 6.07) is 11.8. The molecule has 0 aliphatic carbocycles. The Morgan fingerprint density at radius 2 is 2.00 bits per heavy atom. The van der Waals surface area contributed by atoms with Crippen LogP contribution in [0.15, 0.2) is 41.8 Å². The zero-order valence-electron chi connectivity index (χ0n) is 13.4. The van der Waals surface area contributed by atoms with Gasteiger partial charge in [0.05, 0.1) is 13.7 Å². The van der Waals surface area contributed by atoms with Crippen molar-refractivity contribution in [2.45, 2.75) is 20.0 Å². The number of rotatable bonds is 7. The summed E-state index contributed by atoms with van der Waals surface area (Å²) in [7, 11) is 1.65. The van der Waals surface area contributed by atoms with Crippen molar-refractivity contribution in [2.24, 2.45) is 11.7 Å². The number of nitrogens with zero attached hydrogens (tertiary/aromatic N) is 1. The van der Waals surface area contributed by atoms with E-state index in [0.29, 0.717) is 19.6 Å². The van der Waals surface area contributed by atoms with Crippen LogP contribution in [0.5, 0.6) is 5.75 Å². The van der Waals surface area contributed by atoms with Gasteiger partial charge in [-0.15, -0.1) is 23.7 Å². The summed E-state index contributed by atoms with van der Waals surface area (Å²) in [5, 5.41) is 2.02. The van der Waals surface area contributed by atoms with E-state index in [9.17, 15) is 4.79 Å². The highest BCUT2D eigenvalue weighted by Crippen LogP contribution is 2.22. The third-order valence-electron chi connectivity index (χ3n) is 3.57. The van der Waals surface area contributed by atoms with Gasteiger partial charge in [-0.3, -0.25) is 4.79 Å². The first-order chi connectivity index (χ1) is 10.7. The van der Waals surface area contributed by atoms with Crippen molar-refractivity contribution in [3.8, 4) is 5.75 Å². The molecule has 0 saturated carbocycles. The van der Waals surface area contributed by atoms with E-state index in [1.165, 1.54) is 0 Å². The summed E-state index contributed by atoms with van der Waals surface area (Å²) in [5.74, 6) is 0.684. The van der Waals surface area contributed by atoms with Crippen LogP contribution in [-0.4, -0.2) is 24.5 Å². The van der Waals surface area contributed by atoms with Gasteiger partial charge in [-0.05, 0) is 17.5 Å². The fraction of sp³-hybridized carbons (Fsp3) is 0.353. The molecular weight excluding hydrogens is 332 g/mol. The van der Waals surface area contributed by atoms with Crippen molar-refractivity contribution in [1.29, 1.82) is 0 Å². The minimum atomic E-state index is -0.185. The van der Waals surface area contributed by atoms with Gasteiger partial charge in [-0.2, -0.15) is 0 Å². The average molecular weight is 355 g/mol. The molecule has 6 heteroatoms. The van der Waals surface area contributed by atoms with Crippen molar-refractivity contribution in [3.05, 3.63) is 52.2 Å². The number of amides is 1. The Morgan fingerprint density at radius 1 is 1.26 bits per heavy atom. The molecule has 0 aliphatic rings. The van der Waals surface area contributed by atoms with Crippen molar-refractivity contribution in [2.75, 3.05) is 13.7 Å². The second-order valence-electron chi connectivity index (χ2n) is 5.22. The lowest BCUT2D eigenvalue weighted by molar-refractivity contribution is -0.135. The normalized spacial score (nSPS) is 11.4. The Hall–Kier alpha value is -1.56. The molecule has 2 aromatic rings. The molecule has 23 heavy (non-hydrogen) atoms. The molecule has 126 valence electrons. The number of para-hydroxylation sites is 1. The molecular formula is C17H23ClN2O2S. The highest BCUT2D eigenvalue weighted by atomic mass is 35.5. The van der Waals surface area contributed by atoms with Crippen LogP contribution in [0, 0.1) is 5.92 Å².